The van der Waals surface area contributed by atoms with Gasteiger partial charge in [-0.3, -0.25) is 0 Å². The average Bonchev–Trinajstić information content (AvgIpc) is 2.43. The van der Waals surface area contributed by atoms with Crippen molar-refractivity contribution in [3.05, 3.63) is 13.2 Å². The van der Waals surface area contributed by atoms with Crippen molar-refractivity contribution in [2.24, 2.45) is 11.8 Å². The molecule has 18 heavy (non-hydrogen) atoms. The van der Waals surface area contributed by atoms with Gasteiger partial charge in [-0.2, -0.15) is 0 Å². The number of nitrogens with one attached hydrogen (secondary N) is 1. The molecule has 0 aliphatic carbocycles. The molecule has 2 unspecified atom stereocenters. The topological polar surface area (TPSA) is 12.0 Å². The van der Waals surface area contributed by atoms with Gasteiger partial charge in [0.25, 0.3) is 0 Å². The lowest BCUT2D eigenvalue weighted by Crippen LogP contribution is -2.04. The second kappa shape index (κ2) is 30.1. The second-order valence-electron chi connectivity index (χ2n) is 4.31. The predicted molar refractivity (Wildman–Crippen MR) is 90.3 cm³/mol. The van der Waals surface area contributed by atoms with E-state index < -0.39 is 0 Å². The molecule has 0 saturated carbocycles. The minimum atomic E-state index is 0.937. The molecule has 2 atom stereocenters. The Bertz CT molecular complexity index is 102. The van der Waals surface area contributed by atoms with E-state index in [4.69, 9.17) is 0 Å². The molecule has 0 bridgehead atoms. The molecule has 0 rings (SSSR count). The molecule has 0 radical (unpaired) electrons. The van der Waals surface area contributed by atoms with Crippen LogP contribution in [0.1, 0.15) is 73.6 Å². The first-order valence-corrected chi connectivity index (χ1v) is 7.74. The molecule has 0 aliphatic rings. The van der Waals surface area contributed by atoms with Crippen LogP contribution in [0.25, 0.3) is 0 Å². The van der Waals surface area contributed by atoms with Gasteiger partial charge >= 0.3 is 0 Å². The smallest absolute Gasteiger partial charge is 0.0167 e. The summed E-state index contributed by atoms with van der Waals surface area (Å²) in [5.74, 6) is 1.93. The molecule has 0 aromatic rings. The molecule has 1 heteroatoms. The summed E-state index contributed by atoms with van der Waals surface area (Å²) in [4.78, 5) is 0. The Labute approximate surface area is 118 Å². The van der Waals surface area contributed by atoms with Crippen molar-refractivity contribution >= 4 is 0 Å². The van der Waals surface area contributed by atoms with Gasteiger partial charge in [0.05, 0.1) is 0 Å². The van der Waals surface area contributed by atoms with Crippen molar-refractivity contribution in [1.29, 1.82) is 0 Å². The van der Waals surface area contributed by atoms with Crippen LogP contribution in [0.5, 0.6) is 0 Å². The first-order chi connectivity index (χ1) is 8.65. The Hall–Kier alpha value is -0.300. The van der Waals surface area contributed by atoms with Crippen LogP contribution in [0, 0.1) is 11.8 Å². The van der Waals surface area contributed by atoms with Crippen LogP contribution in [0.2, 0.25) is 0 Å². The Morgan fingerprint density at radius 1 is 0.944 bits per heavy atom. The number of hydrogen-bond donors (Lipinski definition) is 1. The molecule has 0 heterocycles. The zero-order chi connectivity index (χ0) is 15.4. The molecule has 0 aliphatic heterocycles. The van der Waals surface area contributed by atoms with E-state index in [1.54, 1.807) is 0 Å². The quantitative estimate of drug-likeness (QED) is 0.584. The van der Waals surface area contributed by atoms with Gasteiger partial charge in [0.1, 0.15) is 0 Å². The maximum atomic E-state index is 3.00. The van der Waals surface area contributed by atoms with Crippen LogP contribution in [-0.4, -0.2) is 14.1 Å². The van der Waals surface area contributed by atoms with Crippen molar-refractivity contribution in [2.75, 3.05) is 14.1 Å². The van der Waals surface area contributed by atoms with E-state index in [9.17, 15) is 0 Å². The third-order valence-corrected chi connectivity index (χ3v) is 2.71. The molecule has 0 spiro atoms. The molecular formula is C17H41N. The molecule has 0 aromatic carbocycles. The summed E-state index contributed by atoms with van der Waals surface area (Å²) in [7, 11) is 3.75. The van der Waals surface area contributed by atoms with E-state index in [2.05, 4.69) is 46.2 Å². The third kappa shape index (κ3) is 29.6. The fourth-order valence-electron chi connectivity index (χ4n) is 1.63. The van der Waals surface area contributed by atoms with Gasteiger partial charge in [0.2, 0.25) is 0 Å². The van der Waals surface area contributed by atoms with E-state index in [0.717, 1.165) is 11.8 Å². The maximum absolute atomic E-state index is 3.00. The Balaban J connectivity index is -0.000000118. The van der Waals surface area contributed by atoms with Gasteiger partial charge in [0.15, 0.2) is 0 Å². The predicted octanol–water partition coefficient (Wildman–Crippen LogP) is 5.91. The number of hydrogen-bond acceptors (Lipinski definition) is 1. The summed E-state index contributed by atoms with van der Waals surface area (Å²) >= 11 is 0. The number of rotatable bonds is 6. The monoisotopic (exact) mass is 259 g/mol. The highest BCUT2D eigenvalue weighted by atomic mass is 14.7. The highest BCUT2D eigenvalue weighted by Gasteiger charge is 2.08. The summed E-state index contributed by atoms with van der Waals surface area (Å²) in [5.41, 5.74) is 0. The first kappa shape index (κ1) is 26.3. The minimum Gasteiger partial charge on any atom is -0.323 e. The van der Waals surface area contributed by atoms with Crippen molar-refractivity contribution in [3.63, 3.8) is 0 Å². The van der Waals surface area contributed by atoms with Gasteiger partial charge in [-0.05, 0) is 32.4 Å². The molecule has 0 amide bonds. The van der Waals surface area contributed by atoms with Gasteiger partial charge in [-0.1, -0.05) is 67.2 Å². The summed E-state index contributed by atoms with van der Waals surface area (Å²) in [6, 6.07) is 0. The average molecular weight is 260 g/mol. The van der Waals surface area contributed by atoms with Crippen molar-refractivity contribution < 1.29 is 0 Å². The highest BCUT2D eigenvalue weighted by molar-refractivity contribution is 4.60. The third-order valence-electron chi connectivity index (χ3n) is 2.71. The van der Waals surface area contributed by atoms with Crippen molar-refractivity contribution in [1.82, 2.24) is 5.32 Å². The Morgan fingerprint density at radius 3 is 1.56 bits per heavy atom. The second-order valence-corrected chi connectivity index (χ2v) is 4.31. The van der Waals surface area contributed by atoms with Crippen LogP contribution in [0.15, 0.2) is 13.2 Å². The molecule has 114 valence electrons. The molecule has 1 N–H and O–H groups in total. The molecule has 0 saturated heterocycles. The van der Waals surface area contributed by atoms with E-state index in [1.165, 1.54) is 32.1 Å². The van der Waals surface area contributed by atoms with E-state index in [0.29, 0.717) is 0 Å². The van der Waals surface area contributed by atoms with Crippen LogP contribution < -0.4 is 5.32 Å². The van der Waals surface area contributed by atoms with Crippen LogP contribution in [0.3, 0.4) is 0 Å². The van der Waals surface area contributed by atoms with E-state index >= 15 is 0 Å². The van der Waals surface area contributed by atoms with E-state index in [-0.39, 0.29) is 0 Å². The van der Waals surface area contributed by atoms with Gasteiger partial charge in [0, 0.05) is 0 Å². The highest BCUT2D eigenvalue weighted by Crippen LogP contribution is 2.21. The van der Waals surface area contributed by atoms with Gasteiger partial charge in [-0.15, -0.1) is 13.2 Å². The van der Waals surface area contributed by atoms with E-state index in [1.807, 2.05) is 27.9 Å². The SMILES string of the molecule is C=C.CC.CCCC(CC)CC(C)CC.CNC. The van der Waals surface area contributed by atoms with Crippen LogP contribution in [-0.2, 0) is 0 Å². The molecule has 1 nitrogen and oxygen atoms in total. The lowest BCUT2D eigenvalue weighted by atomic mass is 9.89. The Morgan fingerprint density at radius 2 is 1.33 bits per heavy atom. The summed E-state index contributed by atoms with van der Waals surface area (Å²) in [5, 5.41) is 2.75. The molecular weight excluding hydrogens is 218 g/mol. The fourth-order valence-corrected chi connectivity index (χ4v) is 1.63. The minimum absolute atomic E-state index is 0.937. The summed E-state index contributed by atoms with van der Waals surface area (Å²) in [6.07, 6.45) is 6.95. The van der Waals surface area contributed by atoms with Crippen molar-refractivity contribution in [2.45, 2.75) is 73.6 Å². The fraction of sp³-hybridized carbons (Fsp3) is 0.882. The lowest BCUT2D eigenvalue weighted by Gasteiger charge is -2.17. The zero-order valence-corrected chi connectivity index (χ0v) is 14.6. The lowest BCUT2D eigenvalue weighted by molar-refractivity contribution is 0.352. The summed E-state index contributed by atoms with van der Waals surface area (Å²) in [6.45, 7) is 19.3. The maximum Gasteiger partial charge on any atom is -0.0167 e. The van der Waals surface area contributed by atoms with Gasteiger partial charge < -0.3 is 5.32 Å². The largest absolute Gasteiger partial charge is 0.323 e. The van der Waals surface area contributed by atoms with Crippen LogP contribution >= 0.6 is 0 Å². The summed E-state index contributed by atoms with van der Waals surface area (Å²) < 4.78 is 0. The van der Waals surface area contributed by atoms with Crippen LogP contribution in [0.4, 0.5) is 0 Å². The van der Waals surface area contributed by atoms with Gasteiger partial charge in [-0.25, -0.2) is 0 Å². The first-order valence-electron chi connectivity index (χ1n) is 7.74. The Kier molecular flexibility index (Phi) is 43.9. The standard InChI is InChI=1S/C11H24.C2H7N.C2H6.C2H4/c1-5-8-11(7-3)9-10(4)6-2;1-3-2;2*1-2/h10-11H,5-9H2,1-4H3;3H,1-2H3;1-2H3;1-2H2. The zero-order valence-electron chi connectivity index (χ0n) is 14.6. The molecule has 0 aromatic heterocycles. The molecule has 0 fully saturated rings. The van der Waals surface area contributed by atoms with Crippen molar-refractivity contribution in [3.8, 4) is 0 Å². The normalized spacial score (nSPS) is 11.6.